The van der Waals surface area contributed by atoms with Crippen molar-refractivity contribution in [3.8, 4) is 11.3 Å². The Morgan fingerprint density at radius 3 is 2.71 bits per heavy atom. The quantitative estimate of drug-likeness (QED) is 0.384. The molecular weight excluding hydrogens is 386 g/mol. The van der Waals surface area contributed by atoms with Crippen LogP contribution in [0, 0.1) is 17.0 Å². The van der Waals surface area contributed by atoms with E-state index in [0.717, 1.165) is 5.56 Å². The summed E-state index contributed by atoms with van der Waals surface area (Å²) in [4.78, 5) is 21.8. The first kappa shape index (κ1) is 19.1. The molecule has 0 bridgehead atoms. The van der Waals surface area contributed by atoms with Gasteiger partial charge in [0.05, 0.1) is 28.4 Å². The van der Waals surface area contributed by atoms with E-state index in [1.54, 1.807) is 37.3 Å². The van der Waals surface area contributed by atoms with Crippen molar-refractivity contribution in [2.24, 2.45) is 5.10 Å². The minimum Gasteiger partial charge on any atom is -0.545 e. The Kier molecular flexibility index (Phi) is 5.42. The number of carboxylic acids is 1. The van der Waals surface area contributed by atoms with Crippen molar-refractivity contribution in [2.45, 2.75) is 6.92 Å². The van der Waals surface area contributed by atoms with E-state index >= 15 is 0 Å². The minimum atomic E-state index is -1.40. The molecule has 0 amide bonds. The Labute approximate surface area is 164 Å². The molecular formula is C19H13ClN3O5-. The first-order chi connectivity index (χ1) is 13.3. The van der Waals surface area contributed by atoms with E-state index in [4.69, 9.17) is 16.0 Å². The first-order valence-electron chi connectivity index (χ1n) is 8.00. The molecule has 3 rings (SSSR count). The molecule has 3 aromatic rings. The summed E-state index contributed by atoms with van der Waals surface area (Å²) in [6, 6.07) is 12.3. The number of aryl methyl sites for hydroxylation is 1. The van der Waals surface area contributed by atoms with Gasteiger partial charge in [-0.2, -0.15) is 5.10 Å². The van der Waals surface area contributed by atoms with Gasteiger partial charge in [-0.25, -0.2) is 0 Å². The van der Waals surface area contributed by atoms with Crippen LogP contribution in [0.3, 0.4) is 0 Å². The molecule has 0 saturated heterocycles. The first-order valence-corrected chi connectivity index (χ1v) is 8.38. The van der Waals surface area contributed by atoms with Crippen molar-refractivity contribution < 1.29 is 19.2 Å². The highest BCUT2D eigenvalue weighted by Gasteiger charge is 2.18. The molecule has 0 spiro atoms. The van der Waals surface area contributed by atoms with Crippen LogP contribution in [-0.4, -0.2) is 17.1 Å². The molecule has 142 valence electrons. The summed E-state index contributed by atoms with van der Waals surface area (Å²) in [7, 11) is 0. The SMILES string of the molecule is Cc1ccc(-c2ccc(/C=N\Nc3ccc(Cl)c(C(=O)[O-])c3)o2)c([N+](=O)[O-])c1. The summed E-state index contributed by atoms with van der Waals surface area (Å²) >= 11 is 5.78. The second-order valence-corrected chi connectivity index (χ2v) is 6.24. The number of nitro benzene ring substituents is 1. The summed E-state index contributed by atoms with van der Waals surface area (Å²) in [6.07, 6.45) is 1.36. The summed E-state index contributed by atoms with van der Waals surface area (Å²) in [5.41, 5.74) is 3.97. The Hall–Kier alpha value is -3.65. The maximum absolute atomic E-state index is 11.3. The Morgan fingerprint density at radius 1 is 1.21 bits per heavy atom. The number of anilines is 1. The van der Waals surface area contributed by atoms with Gasteiger partial charge in [0.2, 0.25) is 0 Å². The number of benzene rings is 2. The van der Waals surface area contributed by atoms with E-state index in [1.165, 1.54) is 24.4 Å². The Bertz CT molecular complexity index is 1090. The number of nitrogens with one attached hydrogen (secondary N) is 1. The van der Waals surface area contributed by atoms with Gasteiger partial charge in [0.15, 0.2) is 0 Å². The third-order valence-electron chi connectivity index (χ3n) is 3.81. The van der Waals surface area contributed by atoms with E-state index in [1.807, 2.05) is 0 Å². The molecule has 28 heavy (non-hydrogen) atoms. The van der Waals surface area contributed by atoms with Crippen LogP contribution in [0.4, 0.5) is 11.4 Å². The number of rotatable bonds is 6. The number of hydrazone groups is 1. The van der Waals surface area contributed by atoms with Crippen LogP contribution in [0.25, 0.3) is 11.3 Å². The number of hydrogen-bond acceptors (Lipinski definition) is 7. The summed E-state index contributed by atoms with van der Waals surface area (Å²) in [6.45, 7) is 1.77. The van der Waals surface area contributed by atoms with Crippen molar-refractivity contribution >= 4 is 35.2 Å². The topological polar surface area (TPSA) is 121 Å². The Balaban J connectivity index is 1.78. The van der Waals surface area contributed by atoms with Crippen molar-refractivity contribution in [1.82, 2.24) is 0 Å². The number of nitro groups is 1. The lowest BCUT2D eigenvalue weighted by Gasteiger charge is -2.07. The number of halogens is 1. The molecule has 0 aliphatic heterocycles. The average molecular weight is 399 g/mol. The third-order valence-corrected chi connectivity index (χ3v) is 4.14. The molecule has 0 saturated carbocycles. The fraction of sp³-hybridized carbons (Fsp3) is 0.0526. The van der Waals surface area contributed by atoms with Gasteiger partial charge < -0.3 is 14.3 Å². The lowest BCUT2D eigenvalue weighted by molar-refractivity contribution is -0.384. The molecule has 0 fully saturated rings. The maximum atomic E-state index is 11.3. The monoisotopic (exact) mass is 398 g/mol. The second kappa shape index (κ2) is 7.93. The van der Waals surface area contributed by atoms with E-state index in [2.05, 4.69) is 10.5 Å². The molecule has 0 unspecified atom stereocenters. The molecule has 2 aromatic carbocycles. The normalized spacial score (nSPS) is 10.9. The van der Waals surface area contributed by atoms with Crippen LogP contribution in [0.2, 0.25) is 5.02 Å². The second-order valence-electron chi connectivity index (χ2n) is 5.83. The Morgan fingerprint density at radius 2 is 2.00 bits per heavy atom. The molecule has 9 heteroatoms. The molecule has 1 heterocycles. The number of carbonyl (C=O) groups is 1. The number of carboxylic acid groups (broad SMARTS) is 1. The third kappa shape index (κ3) is 4.18. The molecule has 0 aliphatic rings. The predicted octanol–water partition coefficient (Wildman–Crippen LogP) is 3.63. The van der Waals surface area contributed by atoms with E-state index in [-0.39, 0.29) is 16.3 Å². The largest absolute Gasteiger partial charge is 0.545 e. The summed E-state index contributed by atoms with van der Waals surface area (Å²) in [5, 5.41) is 26.3. The molecule has 0 radical (unpaired) electrons. The van der Waals surface area contributed by atoms with Crippen LogP contribution in [0.5, 0.6) is 0 Å². The fourth-order valence-electron chi connectivity index (χ4n) is 2.49. The van der Waals surface area contributed by atoms with Crippen LogP contribution in [0.1, 0.15) is 21.7 Å². The highest BCUT2D eigenvalue weighted by atomic mass is 35.5. The van der Waals surface area contributed by atoms with Crippen molar-refractivity contribution in [1.29, 1.82) is 0 Å². The van der Waals surface area contributed by atoms with Gasteiger partial charge in [-0.05, 0) is 48.9 Å². The lowest BCUT2D eigenvalue weighted by atomic mass is 10.1. The number of hydrogen-bond donors (Lipinski definition) is 1. The zero-order valence-corrected chi connectivity index (χ0v) is 15.3. The average Bonchev–Trinajstić information content (AvgIpc) is 3.11. The molecule has 0 aliphatic carbocycles. The minimum absolute atomic E-state index is 0.0491. The van der Waals surface area contributed by atoms with Gasteiger partial charge in [-0.3, -0.25) is 15.5 Å². The van der Waals surface area contributed by atoms with Crippen LogP contribution in [-0.2, 0) is 0 Å². The fourth-order valence-corrected chi connectivity index (χ4v) is 2.68. The number of aromatic carboxylic acids is 1. The zero-order valence-electron chi connectivity index (χ0n) is 14.5. The summed E-state index contributed by atoms with van der Waals surface area (Å²) in [5.74, 6) is -0.710. The van der Waals surface area contributed by atoms with Gasteiger partial charge in [-0.15, -0.1) is 0 Å². The van der Waals surface area contributed by atoms with Gasteiger partial charge in [-0.1, -0.05) is 17.7 Å². The standard InChI is InChI=1S/C19H14ClN3O5/c1-11-2-5-14(17(8-11)23(26)27)18-7-4-13(28-18)10-21-22-12-3-6-16(20)15(9-12)19(24)25/h2-10,22H,1H3,(H,24,25)/p-1/b21-10-. The van der Waals surface area contributed by atoms with Crippen LogP contribution in [0.15, 0.2) is 58.0 Å². The van der Waals surface area contributed by atoms with Gasteiger partial charge in [0, 0.05) is 16.7 Å². The van der Waals surface area contributed by atoms with Crippen LogP contribution >= 0.6 is 11.6 Å². The molecule has 1 N–H and O–H groups in total. The zero-order chi connectivity index (χ0) is 20.3. The molecule has 1 aromatic heterocycles. The molecule has 0 atom stereocenters. The maximum Gasteiger partial charge on any atom is 0.280 e. The van der Waals surface area contributed by atoms with Gasteiger partial charge in [0.1, 0.15) is 11.5 Å². The van der Waals surface area contributed by atoms with Crippen molar-refractivity contribution in [3.05, 3.63) is 80.6 Å². The smallest absolute Gasteiger partial charge is 0.280 e. The predicted molar refractivity (Wildman–Crippen MR) is 103 cm³/mol. The number of furan rings is 1. The van der Waals surface area contributed by atoms with Crippen molar-refractivity contribution in [3.63, 3.8) is 0 Å². The van der Waals surface area contributed by atoms with Gasteiger partial charge >= 0.3 is 0 Å². The highest BCUT2D eigenvalue weighted by Crippen LogP contribution is 2.31. The van der Waals surface area contributed by atoms with Gasteiger partial charge in [0.25, 0.3) is 5.69 Å². The molecule has 8 nitrogen and oxygen atoms in total. The number of carbonyl (C=O) groups excluding carboxylic acids is 1. The van der Waals surface area contributed by atoms with E-state index in [9.17, 15) is 20.0 Å². The lowest BCUT2D eigenvalue weighted by Crippen LogP contribution is -2.22. The van der Waals surface area contributed by atoms with E-state index < -0.39 is 10.9 Å². The van der Waals surface area contributed by atoms with Crippen LogP contribution < -0.4 is 10.5 Å². The number of nitrogens with zero attached hydrogens (tertiary/aromatic N) is 2. The summed E-state index contributed by atoms with van der Waals surface area (Å²) < 4.78 is 5.60. The van der Waals surface area contributed by atoms with Crippen molar-refractivity contribution in [2.75, 3.05) is 5.43 Å². The van der Waals surface area contributed by atoms with E-state index in [0.29, 0.717) is 22.8 Å². The highest BCUT2D eigenvalue weighted by molar-refractivity contribution is 6.33.